The second kappa shape index (κ2) is 6.01. The van der Waals surface area contributed by atoms with Crippen LogP contribution in [0.4, 0.5) is 0 Å². The standard InChI is InChI=1S/C15H24N6/c1-20(17)19-15(16)14(11-5-3-2-4-6-11)21-10-12-7-8-13(21)9-18-12/h2-6,12-14,18H,7-10,17H2,1H3,(H2,16,19). The maximum atomic E-state index is 6.28. The molecule has 2 bridgehead atoms. The zero-order chi connectivity index (χ0) is 14.8. The van der Waals surface area contributed by atoms with Crippen LogP contribution in [-0.4, -0.2) is 48.1 Å². The monoisotopic (exact) mass is 288 g/mol. The third kappa shape index (κ3) is 3.02. The molecule has 3 heterocycles. The molecule has 0 radical (unpaired) electrons. The van der Waals surface area contributed by atoms with Gasteiger partial charge in [0.15, 0.2) is 0 Å². The number of piperazine rings is 1. The highest BCUT2D eigenvalue weighted by Crippen LogP contribution is 2.31. The number of piperidine rings is 2. The maximum Gasteiger partial charge on any atom is 0.143 e. The van der Waals surface area contributed by atoms with Gasteiger partial charge in [-0.05, 0) is 18.4 Å². The second-order valence-electron chi connectivity index (χ2n) is 5.94. The summed E-state index contributed by atoms with van der Waals surface area (Å²) in [5, 5.41) is 9.12. The number of amidine groups is 1. The van der Waals surface area contributed by atoms with Gasteiger partial charge in [0.25, 0.3) is 0 Å². The van der Waals surface area contributed by atoms with Gasteiger partial charge in [-0.25, -0.2) is 11.0 Å². The molecule has 3 atom stereocenters. The number of benzene rings is 1. The molecule has 1 aromatic carbocycles. The van der Waals surface area contributed by atoms with Crippen molar-refractivity contribution >= 4 is 5.84 Å². The molecule has 114 valence electrons. The molecule has 3 fully saturated rings. The van der Waals surface area contributed by atoms with Crippen molar-refractivity contribution in [1.29, 1.82) is 0 Å². The van der Waals surface area contributed by atoms with Crippen LogP contribution in [0.5, 0.6) is 0 Å². The van der Waals surface area contributed by atoms with Crippen molar-refractivity contribution in [1.82, 2.24) is 15.3 Å². The summed E-state index contributed by atoms with van der Waals surface area (Å²) >= 11 is 0. The van der Waals surface area contributed by atoms with E-state index in [1.807, 2.05) is 18.2 Å². The van der Waals surface area contributed by atoms with E-state index < -0.39 is 0 Å². The summed E-state index contributed by atoms with van der Waals surface area (Å²) in [5.41, 5.74) is 7.45. The molecule has 0 aromatic heterocycles. The van der Waals surface area contributed by atoms with E-state index in [2.05, 4.69) is 27.5 Å². The first-order valence-electron chi connectivity index (χ1n) is 7.51. The Labute approximate surface area is 125 Å². The second-order valence-corrected chi connectivity index (χ2v) is 5.94. The molecule has 0 saturated carbocycles. The van der Waals surface area contributed by atoms with Crippen molar-refractivity contribution in [2.75, 3.05) is 20.1 Å². The lowest BCUT2D eigenvalue weighted by Gasteiger charge is -2.49. The molecule has 4 rings (SSSR count). The molecule has 0 aliphatic carbocycles. The van der Waals surface area contributed by atoms with Gasteiger partial charge in [-0.1, -0.05) is 30.3 Å². The third-order valence-electron chi connectivity index (χ3n) is 4.39. The number of hydrogen-bond donors (Lipinski definition) is 3. The lowest BCUT2D eigenvalue weighted by molar-refractivity contribution is 0.0571. The Balaban J connectivity index is 1.93. The predicted octanol–water partition coefficient (Wildman–Crippen LogP) is 0.242. The van der Waals surface area contributed by atoms with Crippen LogP contribution in [-0.2, 0) is 0 Å². The Hall–Kier alpha value is -1.63. The lowest BCUT2D eigenvalue weighted by Crippen LogP contribution is -2.63. The molecular formula is C15H24N6. The Morgan fingerprint density at radius 3 is 2.67 bits per heavy atom. The van der Waals surface area contributed by atoms with Crippen LogP contribution >= 0.6 is 0 Å². The first kappa shape index (κ1) is 14.3. The van der Waals surface area contributed by atoms with Crippen LogP contribution in [0.2, 0.25) is 0 Å². The summed E-state index contributed by atoms with van der Waals surface area (Å²) in [6, 6.07) is 11.4. The van der Waals surface area contributed by atoms with Crippen LogP contribution in [0.3, 0.4) is 0 Å². The number of fused-ring (bicyclic) bond motifs is 3. The number of rotatable bonds is 4. The molecule has 3 aliphatic heterocycles. The van der Waals surface area contributed by atoms with Gasteiger partial charge in [0.2, 0.25) is 0 Å². The Morgan fingerprint density at radius 2 is 2.14 bits per heavy atom. The van der Waals surface area contributed by atoms with E-state index >= 15 is 0 Å². The van der Waals surface area contributed by atoms with E-state index in [1.54, 1.807) is 7.05 Å². The number of nitrogens with zero attached hydrogens (tertiary/aromatic N) is 3. The third-order valence-corrected chi connectivity index (χ3v) is 4.39. The number of nitrogens with one attached hydrogen (secondary N) is 1. The Kier molecular flexibility index (Phi) is 4.10. The summed E-state index contributed by atoms with van der Waals surface area (Å²) in [5.74, 6) is 6.20. The molecule has 3 unspecified atom stereocenters. The molecule has 0 amide bonds. The first-order valence-corrected chi connectivity index (χ1v) is 7.51. The lowest BCUT2D eigenvalue weighted by atomic mass is 9.89. The first-order chi connectivity index (χ1) is 10.1. The predicted molar refractivity (Wildman–Crippen MR) is 84.3 cm³/mol. The van der Waals surface area contributed by atoms with Gasteiger partial charge in [-0.2, -0.15) is 0 Å². The highest BCUT2D eigenvalue weighted by Gasteiger charge is 2.39. The fourth-order valence-corrected chi connectivity index (χ4v) is 3.46. The molecular weight excluding hydrogens is 264 g/mol. The molecule has 6 heteroatoms. The van der Waals surface area contributed by atoms with Gasteiger partial charge >= 0.3 is 0 Å². The van der Waals surface area contributed by atoms with Gasteiger partial charge in [-0.15, -0.1) is 5.10 Å². The minimum absolute atomic E-state index is 0.00731. The van der Waals surface area contributed by atoms with Gasteiger partial charge in [-0.3, -0.25) is 4.90 Å². The summed E-state index contributed by atoms with van der Waals surface area (Å²) in [6.45, 7) is 2.04. The summed E-state index contributed by atoms with van der Waals surface area (Å²) in [6.07, 6.45) is 2.46. The highest BCUT2D eigenvalue weighted by molar-refractivity contribution is 5.86. The fourth-order valence-electron chi connectivity index (χ4n) is 3.46. The average molecular weight is 288 g/mol. The molecule has 21 heavy (non-hydrogen) atoms. The van der Waals surface area contributed by atoms with Gasteiger partial charge in [0.1, 0.15) is 5.84 Å². The maximum absolute atomic E-state index is 6.28. The Morgan fingerprint density at radius 1 is 1.38 bits per heavy atom. The van der Waals surface area contributed by atoms with Crippen LogP contribution in [0.15, 0.2) is 35.4 Å². The molecule has 0 spiro atoms. The number of nitrogens with two attached hydrogens (primary N) is 2. The van der Waals surface area contributed by atoms with E-state index in [0.29, 0.717) is 17.9 Å². The van der Waals surface area contributed by atoms with Gasteiger partial charge < -0.3 is 11.1 Å². The van der Waals surface area contributed by atoms with Crippen molar-refractivity contribution in [2.45, 2.75) is 31.0 Å². The van der Waals surface area contributed by atoms with Crippen LogP contribution in [0, 0.1) is 0 Å². The van der Waals surface area contributed by atoms with E-state index in [9.17, 15) is 0 Å². The minimum atomic E-state index is -0.00731. The van der Waals surface area contributed by atoms with Crippen molar-refractivity contribution < 1.29 is 0 Å². The topological polar surface area (TPSA) is 82.9 Å². The summed E-state index contributed by atoms with van der Waals surface area (Å²) in [7, 11) is 1.69. The van der Waals surface area contributed by atoms with Gasteiger partial charge in [0, 0.05) is 32.2 Å². The van der Waals surface area contributed by atoms with Crippen molar-refractivity contribution in [3.63, 3.8) is 0 Å². The zero-order valence-electron chi connectivity index (χ0n) is 12.4. The van der Waals surface area contributed by atoms with Crippen LogP contribution in [0.25, 0.3) is 0 Å². The minimum Gasteiger partial charge on any atom is -0.384 e. The summed E-state index contributed by atoms with van der Waals surface area (Å²) in [4.78, 5) is 2.47. The SMILES string of the molecule is CN(N)/N=C(\N)C(c1ccccc1)N1CC2CCC1CN2. The number of hydrogen-bond acceptors (Lipinski definition) is 5. The van der Waals surface area contributed by atoms with E-state index in [1.165, 1.54) is 23.5 Å². The fraction of sp³-hybridized carbons (Fsp3) is 0.533. The van der Waals surface area contributed by atoms with Gasteiger partial charge in [0.05, 0.1) is 6.04 Å². The molecule has 3 saturated heterocycles. The van der Waals surface area contributed by atoms with Crippen LogP contribution < -0.4 is 16.9 Å². The smallest absolute Gasteiger partial charge is 0.143 e. The van der Waals surface area contributed by atoms with Crippen LogP contribution in [0.1, 0.15) is 24.4 Å². The number of hydrazine groups is 1. The summed E-state index contributed by atoms with van der Waals surface area (Å²) < 4.78 is 0. The normalized spacial score (nSPS) is 27.6. The largest absolute Gasteiger partial charge is 0.384 e. The van der Waals surface area contributed by atoms with E-state index in [-0.39, 0.29) is 6.04 Å². The zero-order valence-corrected chi connectivity index (χ0v) is 12.4. The van der Waals surface area contributed by atoms with Crippen molar-refractivity contribution in [3.8, 4) is 0 Å². The molecule has 6 nitrogen and oxygen atoms in total. The average Bonchev–Trinajstić information content (AvgIpc) is 2.49. The van der Waals surface area contributed by atoms with Crippen molar-refractivity contribution in [3.05, 3.63) is 35.9 Å². The highest BCUT2D eigenvalue weighted by atomic mass is 15.6. The quantitative estimate of drug-likeness (QED) is 0.320. The molecule has 3 aliphatic rings. The Bertz CT molecular complexity index is 492. The molecule has 1 aromatic rings. The van der Waals surface area contributed by atoms with Crippen molar-refractivity contribution in [2.24, 2.45) is 16.7 Å². The van der Waals surface area contributed by atoms with E-state index in [0.717, 1.165) is 13.1 Å². The molecule has 5 N–H and O–H groups in total. The van der Waals surface area contributed by atoms with E-state index in [4.69, 9.17) is 11.6 Å². The number of hydrazone groups is 1.